The molecule has 0 saturated heterocycles. The summed E-state index contributed by atoms with van der Waals surface area (Å²) in [5.74, 6) is 1.61. The highest BCUT2D eigenvalue weighted by molar-refractivity contribution is 5.93. The van der Waals surface area contributed by atoms with Crippen LogP contribution < -0.4 is 25.1 Å². The number of hydrogen-bond acceptors (Lipinski definition) is 7. The fraction of sp³-hybridized carbons (Fsp3) is 0.353. The highest BCUT2D eigenvalue weighted by atomic mass is 16.5. The van der Waals surface area contributed by atoms with Crippen LogP contribution in [0.15, 0.2) is 58.7 Å². The first kappa shape index (κ1) is 32.8. The highest BCUT2D eigenvalue weighted by Gasteiger charge is 2.13. The van der Waals surface area contributed by atoms with E-state index < -0.39 is 11.8 Å². The first-order valence-electron chi connectivity index (χ1n) is 14.3. The quantitative estimate of drug-likeness (QED) is 0.191. The van der Waals surface area contributed by atoms with Gasteiger partial charge in [0.05, 0.1) is 19.5 Å². The predicted molar refractivity (Wildman–Crippen MR) is 171 cm³/mol. The number of nitrogens with zero attached hydrogens (tertiary/aromatic N) is 2. The molecule has 2 N–H and O–H groups in total. The fourth-order valence-corrected chi connectivity index (χ4v) is 4.44. The zero-order valence-corrected chi connectivity index (χ0v) is 26.3. The van der Waals surface area contributed by atoms with Gasteiger partial charge in [0.15, 0.2) is 13.2 Å². The molecule has 3 aromatic rings. The summed E-state index contributed by atoms with van der Waals surface area (Å²) in [7, 11) is 1.53. The molecule has 3 rings (SSSR count). The second-order valence-electron chi connectivity index (χ2n) is 11.0. The maximum atomic E-state index is 12.4. The third-order valence-electron chi connectivity index (χ3n) is 6.58. The second-order valence-corrected chi connectivity index (χ2v) is 11.0. The molecule has 0 radical (unpaired) electrons. The molecule has 0 heterocycles. The lowest BCUT2D eigenvalue weighted by Crippen LogP contribution is -2.25. The topological polar surface area (TPSA) is 111 Å². The first-order chi connectivity index (χ1) is 20.5. The van der Waals surface area contributed by atoms with Gasteiger partial charge in [-0.15, -0.1) is 0 Å². The summed E-state index contributed by atoms with van der Waals surface area (Å²) in [6.07, 6.45) is 2.99. The summed E-state index contributed by atoms with van der Waals surface area (Å²) in [6, 6.07) is 15.7. The molecule has 0 aliphatic carbocycles. The number of ether oxygens (including phenoxy) is 3. The number of methoxy groups -OCH3 is 1. The Balaban J connectivity index is 1.60. The van der Waals surface area contributed by atoms with Crippen LogP contribution in [-0.2, 0) is 9.59 Å². The maximum absolute atomic E-state index is 12.4. The van der Waals surface area contributed by atoms with E-state index in [4.69, 9.17) is 14.2 Å². The lowest BCUT2D eigenvalue weighted by Gasteiger charge is -2.14. The zero-order chi connectivity index (χ0) is 31.5. The molecule has 9 heteroatoms. The molecule has 0 aliphatic rings. The van der Waals surface area contributed by atoms with Gasteiger partial charge >= 0.3 is 0 Å². The molecule has 0 aliphatic heterocycles. The number of aryl methyl sites for hydroxylation is 3. The average Bonchev–Trinajstić information content (AvgIpc) is 2.94. The van der Waals surface area contributed by atoms with E-state index in [0.29, 0.717) is 28.4 Å². The van der Waals surface area contributed by atoms with Crippen LogP contribution in [0.2, 0.25) is 0 Å². The fourth-order valence-electron chi connectivity index (χ4n) is 4.44. The van der Waals surface area contributed by atoms with Crippen LogP contribution in [0.1, 0.15) is 78.5 Å². The molecule has 2 amide bonds. The number of carbonyl (C=O) groups is 2. The van der Waals surface area contributed by atoms with Crippen molar-refractivity contribution in [3.63, 3.8) is 0 Å². The van der Waals surface area contributed by atoms with E-state index in [1.807, 2.05) is 69.3 Å². The Morgan fingerprint density at radius 1 is 0.698 bits per heavy atom. The second kappa shape index (κ2) is 15.5. The van der Waals surface area contributed by atoms with Crippen LogP contribution >= 0.6 is 0 Å². The predicted octanol–water partition coefficient (Wildman–Crippen LogP) is 5.93. The number of carbonyl (C=O) groups excluding carboxylic acids is 2. The first-order valence-corrected chi connectivity index (χ1v) is 14.3. The van der Waals surface area contributed by atoms with Crippen LogP contribution in [0, 0.1) is 20.8 Å². The van der Waals surface area contributed by atoms with Gasteiger partial charge in [0.25, 0.3) is 11.8 Å². The van der Waals surface area contributed by atoms with Crippen LogP contribution in [0.3, 0.4) is 0 Å². The van der Waals surface area contributed by atoms with Crippen LogP contribution in [0.4, 0.5) is 0 Å². The van der Waals surface area contributed by atoms with Crippen molar-refractivity contribution in [3.8, 4) is 17.2 Å². The van der Waals surface area contributed by atoms with Crippen molar-refractivity contribution in [2.45, 2.75) is 60.3 Å². The number of nitrogens with one attached hydrogen (secondary N) is 2. The third-order valence-corrected chi connectivity index (χ3v) is 6.58. The summed E-state index contributed by atoms with van der Waals surface area (Å²) in [5.41, 5.74) is 11.3. The maximum Gasteiger partial charge on any atom is 0.277 e. The van der Waals surface area contributed by atoms with Gasteiger partial charge in [-0.1, -0.05) is 52.0 Å². The molecule has 3 aromatic carbocycles. The lowest BCUT2D eigenvalue weighted by atomic mass is 10.0. The SMILES string of the molecule is COc1c(/C=N/NC(=O)COc2cc(C)ccc2C(C)C)cc(C)cc1/C=N/NC(=O)COc1cc(C)ccc1C(C)C. The minimum Gasteiger partial charge on any atom is -0.495 e. The Labute approximate surface area is 254 Å². The molecule has 43 heavy (non-hydrogen) atoms. The van der Waals surface area contributed by atoms with Gasteiger partial charge in [-0.3, -0.25) is 9.59 Å². The molecule has 0 saturated carbocycles. The Bertz CT molecular complexity index is 1390. The number of hydrogen-bond donors (Lipinski definition) is 2. The minimum absolute atomic E-state index is 0.171. The molecule has 228 valence electrons. The van der Waals surface area contributed by atoms with Crippen LogP contribution in [0.5, 0.6) is 17.2 Å². The molecule has 9 nitrogen and oxygen atoms in total. The monoisotopic (exact) mass is 586 g/mol. The Kier molecular flexibility index (Phi) is 11.9. The third kappa shape index (κ3) is 9.70. The van der Waals surface area contributed by atoms with Gasteiger partial charge in [0.2, 0.25) is 0 Å². The van der Waals surface area contributed by atoms with Gasteiger partial charge < -0.3 is 14.2 Å². The number of rotatable bonds is 13. The number of benzene rings is 3. The van der Waals surface area contributed by atoms with Crippen molar-refractivity contribution in [2.24, 2.45) is 10.2 Å². The van der Waals surface area contributed by atoms with Crippen molar-refractivity contribution >= 4 is 24.2 Å². The minimum atomic E-state index is -0.392. The molecular formula is C34H42N4O5. The molecule has 0 aromatic heterocycles. The van der Waals surface area contributed by atoms with Crippen molar-refractivity contribution in [2.75, 3.05) is 20.3 Å². The highest BCUT2D eigenvalue weighted by Crippen LogP contribution is 2.28. The van der Waals surface area contributed by atoms with Crippen molar-refractivity contribution in [3.05, 3.63) is 87.5 Å². The number of amides is 2. The number of hydrazone groups is 2. The Morgan fingerprint density at radius 2 is 1.12 bits per heavy atom. The summed E-state index contributed by atoms with van der Waals surface area (Å²) in [6.45, 7) is 13.8. The molecule has 0 spiro atoms. The molecule has 0 bridgehead atoms. The molecule has 0 unspecified atom stereocenters. The van der Waals surface area contributed by atoms with E-state index in [9.17, 15) is 9.59 Å². The molecule has 0 atom stereocenters. The zero-order valence-electron chi connectivity index (χ0n) is 26.3. The lowest BCUT2D eigenvalue weighted by molar-refractivity contribution is -0.123. The summed E-state index contributed by atoms with van der Waals surface area (Å²) in [4.78, 5) is 24.9. The van der Waals surface area contributed by atoms with Crippen molar-refractivity contribution < 1.29 is 23.8 Å². The van der Waals surface area contributed by atoms with E-state index in [2.05, 4.69) is 48.7 Å². The standard InChI is InChI=1S/C34H42N4O5/c1-21(2)28-11-9-23(5)15-30(28)42-19-32(39)37-35-17-26-13-25(7)14-27(34(26)41-8)18-36-38-33(40)20-43-31-16-24(6)10-12-29(31)22(3)4/h9-18,21-22H,19-20H2,1-8H3,(H,37,39)(H,38,40)/b35-17+,36-18+. The Hall–Kier alpha value is -4.66. The smallest absolute Gasteiger partial charge is 0.277 e. The summed E-state index contributed by atoms with van der Waals surface area (Å²) >= 11 is 0. The van der Waals surface area contributed by atoms with E-state index in [0.717, 1.165) is 27.8 Å². The van der Waals surface area contributed by atoms with Crippen molar-refractivity contribution in [1.82, 2.24) is 10.9 Å². The largest absolute Gasteiger partial charge is 0.495 e. The van der Waals surface area contributed by atoms with Gasteiger partial charge in [0.1, 0.15) is 17.2 Å². The van der Waals surface area contributed by atoms with Gasteiger partial charge in [-0.05, 0) is 84.7 Å². The van der Waals surface area contributed by atoms with Crippen LogP contribution in [0.25, 0.3) is 0 Å². The average molecular weight is 587 g/mol. The molecular weight excluding hydrogens is 544 g/mol. The van der Waals surface area contributed by atoms with Crippen molar-refractivity contribution in [1.29, 1.82) is 0 Å². The van der Waals surface area contributed by atoms with Crippen LogP contribution in [-0.4, -0.2) is 44.6 Å². The van der Waals surface area contributed by atoms with Gasteiger partial charge in [0, 0.05) is 11.1 Å². The normalized spacial score (nSPS) is 11.4. The van der Waals surface area contributed by atoms with Gasteiger partial charge in [-0.25, -0.2) is 10.9 Å². The van der Waals surface area contributed by atoms with E-state index in [-0.39, 0.29) is 25.0 Å². The summed E-state index contributed by atoms with van der Waals surface area (Å²) in [5, 5.41) is 8.18. The van der Waals surface area contributed by atoms with Gasteiger partial charge in [-0.2, -0.15) is 10.2 Å². The van der Waals surface area contributed by atoms with E-state index in [1.165, 1.54) is 19.5 Å². The van der Waals surface area contributed by atoms with E-state index in [1.54, 1.807) is 0 Å². The molecule has 0 fully saturated rings. The Morgan fingerprint density at radius 3 is 1.49 bits per heavy atom. The summed E-state index contributed by atoms with van der Waals surface area (Å²) < 4.78 is 17.2. The van der Waals surface area contributed by atoms with E-state index >= 15 is 0 Å².